The van der Waals surface area contributed by atoms with Crippen molar-refractivity contribution in [1.82, 2.24) is 0 Å². The Balaban J connectivity index is 0. The number of allylic oxidation sites excluding steroid dienone is 9. The Hall–Kier alpha value is -1.30. The highest BCUT2D eigenvalue weighted by molar-refractivity contribution is 5.47. The van der Waals surface area contributed by atoms with Gasteiger partial charge in [-0.05, 0) is 24.5 Å². The lowest BCUT2D eigenvalue weighted by molar-refractivity contribution is 1.41. The van der Waals surface area contributed by atoms with Crippen LogP contribution in [-0.2, 0) is 0 Å². The highest BCUT2D eigenvalue weighted by Crippen LogP contribution is 2.15. The summed E-state index contributed by atoms with van der Waals surface area (Å²) >= 11 is 0. The van der Waals surface area contributed by atoms with E-state index in [0.29, 0.717) is 0 Å². The van der Waals surface area contributed by atoms with Crippen LogP contribution < -0.4 is 0 Å². The monoisotopic (exact) mass is 218 g/mol. The first-order valence-corrected chi connectivity index (χ1v) is 6.20. The second-order valence-corrected chi connectivity index (χ2v) is 2.71. The molecule has 0 unspecified atom stereocenters. The van der Waals surface area contributed by atoms with Crippen LogP contribution in [0.2, 0.25) is 0 Å². The molecule has 16 heavy (non-hydrogen) atoms. The Labute approximate surface area is 102 Å². The molecule has 0 nitrogen and oxygen atoms in total. The second kappa shape index (κ2) is 13.7. The molecule has 0 saturated heterocycles. The van der Waals surface area contributed by atoms with Gasteiger partial charge in [0.2, 0.25) is 0 Å². The van der Waals surface area contributed by atoms with Crippen molar-refractivity contribution in [3.8, 4) is 0 Å². The molecule has 0 fully saturated rings. The molecule has 1 aliphatic rings. The molecular formula is C16H26. The average Bonchev–Trinajstić information content (AvgIpc) is 2.57. The molecule has 0 saturated carbocycles. The van der Waals surface area contributed by atoms with Crippen LogP contribution in [0.5, 0.6) is 0 Å². The van der Waals surface area contributed by atoms with Gasteiger partial charge >= 0.3 is 0 Å². The van der Waals surface area contributed by atoms with Crippen molar-refractivity contribution in [1.29, 1.82) is 0 Å². The normalized spacial score (nSPS) is 16.3. The molecule has 0 aliphatic heterocycles. The zero-order valence-corrected chi connectivity index (χ0v) is 11.5. The van der Waals surface area contributed by atoms with Gasteiger partial charge in [0.15, 0.2) is 0 Å². The van der Waals surface area contributed by atoms with Crippen LogP contribution in [0, 0.1) is 0 Å². The maximum Gasteiger partial charge on any atom is -0.0162 e. The van der Waals surface area contributed by atoms with Crippen LogP contribution in [0.4, 0.5) is 0 Å². The van der Waals surface area contributed by atoms with Gasteiger partial charge in [-0.25, -0.2) is 0 Å². The van der Waals surface area contributed by atoms with E-state index in [1.54, 1.807) is 0 Å². The minimum Gasteiger partial charge on any atom is -0.0912 e. The largest absolute Gasteiger partial charge is 0.0912 e. The van der Waals surface area contributed by atoms with Crippen molar-refractivity contribution in [2.75, 3.05) is 0 Å². The van der Waals surface area contributed by atoms with Crippen LogP contribution in [0.15, 0.2) is 60.3 Å². The molecule has 0 heterocycles. The van der Waals surface area contributed by atoms with Gasteiger partial charge in [-0.15, -0.1) is 0 Å². The lowest BCUT2D eigenvalue weighted by atomic mass is 10.1. The van der Waals surface area contributed by atoms with Crippen LogP contribution in [0.1, 0.15) is 41.0 Å². The molecule has 90 valence electrons. The molecule has 1 aliphatic carbocycles. The predicted octanol–water partition coefficient (Wildman–Crippen LogP) is 5.61. The highest BCUT2D eigenvalue weighted by atomic mass is 14.0. The second-order valence-electron chi connectivity index (χ2n) is 2.71. The van der Waals surface area contributed by atoms with Crippen molar-refractivity contribution in [3.05, 3.63) is 60.3 Å². The summed E-state index contributed by atoms with van der Waals surface area (Å²) in [5.41, 5.74) is 2.28. The zero-order chi connectivity index (χ0) is 12.8. The summed E-state index contributed by atoms with van der Waals surface area (Å²) in [4.78, 5) is 0. The van der Waals surface area contributed by atoms with E-state index in [1.807, 2.05) is 46.8 Å². The highest BCUT2D eigenvalue weighted by Gasteiger charge is 1.95. The summed E-state index contributed by atoms with van der Waals surface area (Å²) in [6.07, 6.45) is 15.6. The molecule has 0 aromatic rings. The summed E-state index contributed by atoms with van der Waals surface area (Å²) < 4.78 is 0. The number of hydrogen-bond donors (Lipinski definition) is 0. The summed E-state index contributed by atoms with van der Waals surface area (Å²) in [6, 6.07) is 0. The fourth-order valence-electron chi connectivity index (χ4n) is 1.05. The number of hydrogen-bond acceptors (Lipinski definition) is 0. The Kier molecular flexibility index (Phi) is 14.6. The molecule has 0 spiro atoms. The van der Waals surface area contributed by atoms with Gasteiger partial charge in [-0.3, -0.25) is 0 Å². The van der Waals surface area contributed by atoms with Gasteiger partial charge in [0.1, 0.15) is 0 Å². The molecule has 0 aromatic heterocycles. The van der Waals surface area contributed by atoms with Crippen LogP contribution in [-0.4, -0.2) is 0 Å². The van der Waals surface area contributed by atoms with Crippen molar-refractivity contribution in [3.63, 3.8) is 0 Å². The Bertz CT molecular complexity index is 272. The minimum absolute atomic E-state index is 1.01. The molecule has 0 bridgehead atoms. The molecule has 0 N–H and O–H groups in total. The Morgan fingerprint density at radius 2 is 1.62 bits per heavy atom. The Morgan fingerprint density at radius 1 is 1.06 bits per heavy atom. The molecule has 1 rings (SSSR count). The summed E-state index contributed by atoms with van der Waals surface area (Å²) in [7, 11) is 0. The van der Waals surface area contributed by atoms with E-state index < -0.39 is 0 Å². The summed E-state index contributed by atoms with van der Waals surface area (Å²) in [5.74, 6) is 0. The maximum atomic E-state index is 3.97. The number of rotatable bonds is 1. The van der Waals surface area contributed by atoms with Crippen molar-refractivity contribution < 1.29 is 0 Å². The molecule has 0 heteroatoms. The fourth-order valence-corrected chi connectivity index (χ4v) is 1.05. The van der Waals surface area contributed by atoms with E-state index in [-0.39, 0.29) is 0 Å². The van der Waals surface area contributed by atoms with E-state index in [9.17, 15) is 0 Å². The van der Waals surface area contributed by atoms with Gasteiger partial charge < -0.3 is 0 Å². The van der Waals surface area contributed by atoms with Gasteiger partial charge in [-0.2, -0.15) is 0 Å². The summed E-state index contributed by atoms with van der Waals surface area (Å²) in [5, 5.41) is 0. The van der Waals surface area contributed by atoms with Crippen molar-refractivity contribution >= 4 is 0 Å². The first-order valence-electron chi connectivity index (χ1n) is 6.20. The predicted molar refractivity (Wildman–Crippen MR) is 77.6 cm³/mol. The first kappa shape index (κ1) is 17.1. The lowest BCUT2D eigenvalue weighted by Crippen LogP contribution is -1.77. The molecule has 0 atom stereocenters. The third-order valence-electron chi connectivity index (χ3n) is 1.73. The smallest absolute Gasteiger partial charge is 0.0162 e. The van der Waals surface area contributed by atoms with Crippen LogP contribution in [0.3, 0.4) is 0 Å². The van der Waals surface area contributed by atoms with Crippen LogP contribution >= 0.6 is 0 Å². The zero-order valence-electron chi connectivity index (χ0n) is 11.5. The molecule has 0 amide bonds. The van der Waals surface area contributed by atoms with Gasteiger partial charge in [0.05, 0.1) is 0 Å². The van der Waals surface area contributed by atoms with E-state index in [4.69, 9.17) is 0 Å². The van der Waals surface area contributed by atoms with Crippen LogP contribution in [0.25, 0.3) is 0 Å². The lowest BCUT2D eigenvalue weighted by Gasteiger charge is -1.96. The van der Waals surface area contributed by atoms with Gasteiger partial charge in [0, 0.05) is 0 Å². The third-order valence-corrected chi connectivity index (χ3v) is 1.73. The Morgan fingerprint density at radius 3 is 2.19 bits per heavy atom. The van der Waals surface area contributed by atoms with Gasteiger partial charge in [-0.1, -0.05) is 76.8 Å². The van der Waals surface area contributed by atoms with E-state index in [1.165, 1.54) is 5.57 Å². The van der Waals surface area contributed by atoms with E-state index in [0.717, 1.165) is 12.0 Å². The van der Waals surface area contributed by atoms with Gasteiger partial charge in [0.25, 0.3) is 0 Å². The molecule has 0 radical (unpaired) electrons. The summed E-state index contributed by atoms with van der Waals surface area (Å²) in [6.45, 7) is 14.0. The standard InChI is InChI=1S/C12H14.2C2H6/c1-3-4-9-12-10-7-5-6-8-11(12)2;2*1-2/h3-4,6-10H,2,5H2,1H3;2*1-2H3/b4-3-,12-9-;;. The maximum absolute atomic E-state index is 3.97. The first-order chi connectivity index (χ1) is 7.84. The van der Waals surface area contributed by atoms with Crippen molar-refractivity contribution in [2.45, 2.75) is 41.0 Å². The topological polar surface area (TPSA) is 0 Å². The van der Waals surface area contributed by atoms with E-state index >= 15 is 0 Å². The molecular weight excluding hydrogens is 192 g/mol. The van der Waals surface area contributed by atoms with Crippen molar-refractivity contribution in [2.24, 2.45) is 0 Å². The third kappa shape index (κ3) is 8.05. The minimum atomic E-state index is 1.01. The quantitative estimate of drug-likeness (QED) is 0.536. The van der Waals surface area contributed by atoms with E-state index in [2.05, 4.69) is 37.0 Å². The average molecular weight is 218 g/mol. The SMILES string of the molecule is C=C1C=CCC=C/C1=C/C=C\C.CC.CC. The molecule has 0 aromatic carbocycles. The fraction of sp³-hybridized carbons (Fsp3) is 0.375.